The molecule has 3 rings (SSSR count). The number of benzene rings is 2. The molecule has 0 aliphatic heterocycles. The van der Waals surface area contributed by atoms with Crippen LogP contribution in [0.1, 0.15) is 42.3 Å². The third-order valence-corrected chi connectivity index (χ3v) is 5.45. The number of amides is 2. The molecule has 2 amide bonds. The van der Waals surface area contributed by atoms with Gasteiger partial charge < -0.3 is 11.1 Å². The Morgan fingerprint density at radius 3 is 2.27 bits per heavy atom. The summed E-state index contributed by atoms with van der Waals surface area (Å²) in [5.74, 6) is -0.780. The number of primary amides is 1. The maximum absolute atomic E-state index is 12.5. The standard InChI is InChI=1S/C21H20N2O2S/c1-13-8-10-16(11-9-13)20(25)23-21-18(19(22)24)14(2)17(26-21)12-15-6-4-3-5-7-15/h3-11H,12H2,1-2H3,(H2,22,24)(H,23,25). The van der Waals surface area contributed by atoms with E-state index in [9.17, 15) is 9.59 Å². The zero-order valence-corrected chi connectivity index (χ0v) is 15.5. The Morgan fingerprint density at radius 1 is 1.00 bits per heavy atom. The zero-order chi connectivity index (χ0) is 18.7. The molecule has 26 heavy (non-hydrogen) atoms. The number of aryl methyl sites for hydroxylation is 1. The van der Waals surface area contributed by atoms with Crippen LogP contribution in [0.2, 0.25) is 0 Å². The Balaban J connectivity index is 1.90. The van der Waals surface area contributed by atoms with Gasteiger partial charge in [-0.2, -0.15) is 0 Å². The highest BCUT2D eigenvalue weighted by atomic mass is 32.1. The second kappa shape index (κ2) is 7.54. The molecule has 0 aliphatic rings. The van der Waals surface area contributed by atoms with Gasteiger partial charge in [-0.1, -0.05) is 48.0 Å². The van der Waals surface area contributed by atoms with E-state index in [4.69, 9.17) is 5.73 Å². The Labute approximate surface area is 156 Å². The largest absolute Gasteiger partial charge is 0.365 e. The minimum absolute atomic E-state index is 0.250. The van der Waals surface area contributed by atoms with E-state index in [-0.39, 0.29) is 5.91 Å². The van der Waals surface area contributed by atoms with Crippen molar-refractivity contribution >= 4 is 28.2 Å². The summed E-state index contributed by atoms with van der Waals surface area (Å²) in [7, 11) is 0. The smallest absolute Gasteiger partial charge is 0.256 e. The highest BCUT2D eigenvalue weighted by Crippen LogP contribution is 2.34. The van der Waals surface area contributed by atoms with Gasteiger partial charge in [-0.15, -0.1) is 11.3 Å². The van der Waals surface area contributed by atoms with Gasteiger partial charge in [0.2, 0.25) is 0 Å². The van der Waals surface area contributed by atoms with E-state index in [0.717, 1.165) is 21.6 Å². The summed E-state index contributed by atoms with van der Waals surface area (Å²) in [4.78, 5) is 25.5. The van der Waals surface area contributed by atoms with Gasteiger partial charge in [-0.3, -0.25) is 9.59 Å². The van der Waals surface area contributed by atoms with Crippen LogP contribution >= 0.6 is 11.3 Å². The summed E-state index contributed by atoms with van der Waals surface area (Å²) < 4.78 is 0. The Hall–Kier alpha value is -2.92. The number of nitrogens with one attached hydrogen (secondary N) is 1. The molecular formula is C21H20N2O2S. The van der Waals surface area contributed by atoms with Crippen molar-refractivity contribution in [1.82, 2.24) is 0 Å². The minimum atomic E-state index is -0.530. The molecule has 0 saturated carbocycles. The highest BCUT2D eigenvalue weighted by molar-refractivity contribution is 7.17. The lowest BCUT2D eigenvalue weighted by Gasteiger charge is -2.05. The zero-order valence-electron chi connectivity index (χ0n) is 14.7. The lowest BCUT2D eigenvalue weighted by Crippen LogP contribution is -2.17. The molecule has 0 spiro atoms. The van der Waals surface area contributed by atoms with Crippen LogP contribution in [0, 0.1) is 13.8 Å². The summed E-state index contributed by atoms with van der Waals surface area (Å²) in [6, 6.07) is 17.3. The first-order valence-electron chi connectivity index (χ1n) is 8.29. The average Bonchev–Trinajstić information content (AvgIpc) is 2.91. The maximum atomic E-state index is 12.5. The molecule has 0 bridgehead atoms. The summed E-state index contributed by atoms with van der Waals surface area (Å²) in [5.41, 5.74) is 9.55. The monoisotopic (exact) mass is 364 g/mol. The fourth-order valence-corrected chi connectivity index (χ4v) is 4.02. The maximum Gasteiger partial charge on any atom is 0.256 e. The molecule has 3 aromatic rings. The van der Waals surface area contributed by atoms with Crippen molar-refractivity contribution in [3.05, 3.63) is 87.3 Å². The summed E-state index contributed by atoms with van der Waals surface area (Å²) in [5, 5.41) is 3.36. The van der Waals surface area contributed by atoms with Gasteiger partial charge in [-0.05, 0) is 37.1 Å². The van der Waals surface area contributed by atoms with E-state index in [0.29, 0.717) is 22.5 Å². The van der Waals surface area contributed by atoms with Gasteiger partial charge in [0.25, 0.3) is 11.8 Å². The van der Waals surface area contributed by atoms with Gasteiger partial charge >= 0.3 is 0 Å². The predicted octanol–water partition coefficient (Wildman–Crippen LogP) is 4.31. The molecule has 132 valence electrons. The molecule has 3 N–H and O–H groups in total. The van der Waals surface area contributed by atoms with Crippen molar-refractivity contribution in [3.63, 3.8) is 0 Å². The van der Waals surface area contributed by atoms with Crippen LogP contribution in [-0.4, -0.2) is 11.8 Å². The molecule has 0 aliphatic carbocycles. The van der Waals surface area contributed by atoms with E-state index >= 15 is 0 Å². The molecule has 0 atom stereocenters. The van der Waals surface area contributed by atoms with Gasteiger partial charge in [0, 0.05) is 16.9 Å². The highest BCUT2D eigenvalue weighted by Gasteiger charge is 2.21. The van der Waals surface area contributed by atoms with Gasteiger partial charge in [0.1, 0.15) is 5.00 Å². The molecule has 0 radical (unpaired) electrons. The average molecular weight is 364 g/mol. The number of hydrogen-bond acceptors (Lipinski definition) is 3. The lowest BCUT2D eigenvalue weighted by molar-refractivity contribution is 0.100. The Bertz CT molecular complexity index is 944. The summed E-state index contributed by atoms with van der Waals surface area (Å²) >= 11 is 1.40. The third-order valence-electron chi connectivity index (χ3n) is 4.24. The number of anilines is 1. The van der Waals surface area contributed by atoms with E-state index in [2.05, 4.69) is 5.32 Å². The lowest BCUT2D eigenvalue weighted by atomic mass is 10.1. The van der Waals surface area contributed by atoms with Crippen LogP contribution < -0.4 is 11.1 Å². The van der Waals surface area contributed by atoms with E-state index in [1.165, 1.54) is 11.3 Å². The Morgan fingerprint density at radius 2 is 1.65 bits per heavy atom. The van der Waals surface area contributed by atoms with Crippen LogP contribution in [0.4, 0.5) is 5.00 Å². The number of rotatable bonds is 5. The van der Waals surface area contributed by atoms with Crippen LogP contribution in [0.25, 0.3) is 0 Å². The summed E-state index contributed by atoms with van der Waals surface area (Å²) in [6.45, 7) is 3.84. The van der Waals surface area contributed by atoms with Crippen LogP contribution in [0.3, 0.4) is 0 Å². The van der Waals surface area contributed by atoms with E-state index < -0.39 is 5.91 Å². The molecule has 0 fully saturated rings. The number of nitrogens with two attached hydrogens (primary N) is 1. The van der Waals surface area contributed by atoms with Crippen molar-refractivity contribution in [1.29, 1.82) is 0 Å². The van der Waals surface area contributed by atoms with Crippen molar-refractivity contribution in [2.24, 2.45) is 5.73 Å². The van der Waals surface area contributed by atoms with Crippen molar-refractivity contribution in [2.45, 2.75) is 20.3 Å². The topological polar surface area (TPSA) is 72.2 Å². The number of thiophene rings is 1. The second-order valence-corrected chi connectivity index (χ2v) is 7.31. The molecule has 1 heterocycles. The van der Waals surface area contributed by atoms with Crippen molar-refractivity contribution in [3.8, 4) is 0 Å². The fourth-order valence-electron chi connectivity index (χ4n) is 2.78. The van der Waals surface area contributed by atoms with E-state index in [1.54, 1.807) is 12.1 Å². The van der Waals surface area contributed by atoms with Crippen LogP contribution in [-0.2, 0) is 6.42 Å². The van der Waals surface area contributed by atoms with E-state index in [1.807, 2.05) is 56.3 Å². The molecule has 1 aromatic heterocycles. The minimum Gasteiger partial charge on any atom is -0.365 e. The number of carbonyl (C=O) groups excluding carboxylic acids is 2. The predicted molar refractivity (Wildman–Crippen MR) is 106 cm³/mol. The van der Waals surface area contributed by atoms with Crippen molar-refractivity contribution < 1.29 is 9.59 Å². The van der Waals surface area contributed by atoms with Crippen LogP contribution in [0.5, 0.6) is 0 Å². The molecule has 2 aromatic carbocycles. The SMILES string of the molecule is Cc1ccc(C(=O)Nc2sc(Cc3ccccc3)c(C)c2C(N)=O)cc1. The molecule has 4 nitrogen and oxygen atoms in total. The molecular weight excluding hydrogens is 344 g/mol. The first-order chi connectivity index (χ1) is 12.5. The van der Waals surface area contributed by atoms with Crippen molar-refractivity contribution in [2.75, 3.05) is 5.32 Å². The first-order valence-corrected chi connectivity index (χ1v) is 9.11. The Kier molecular flexibility index (Phi) is 5.19. The number of carbonyl (C=O) groups is 2. The third kappa shape index (κ3) is 3.83. The molecule has 0 unspecified atom stereocenters. The second-order valence-electron chi connectivity index (χ2n) is 6.20. The van der Waals surface area contributed by atoms with Gasteiger partial charge in [-0.25, -0.2) is 0 Å². The quantitative estimate of drug-likeness (QED) is 0.708. The van der Waals surface area contributed by atoms with Crippen LogP contribution in [0.15, 0.2) is 54.6 Å². The summed E-state index contributed by atoms with van der Waals surface area (Å²) in [6.07, 6.45) is 0.692. The first kappa shape index (κ1) is 17.9. The normalized spacial score (nSPS) is 10.5. The number of hydrogen-bond donors (Lipinski definition) is 2. The van der Waals surface area contributed by atoms with Gasteiger partial charge in [0.05, 0.1) is 5.56 Å². The van der Waals surface area contributed by atoms with Gasteiger partial charge in [0.15, 0.2) is 0 Å². The molecule has 0 saturated heterocycles. The molecule has 5 heteroatoms. The fraction of sp³-hybridized carbons (Fsp3) is 0.143.